The van der Waals surface area contributed by atoms with Crippen LogP contribution in [0.15, 0.2) is 36.5 Å². The molecule has 2 saturated heterocycles. The number of carbonyl (C=O) groups excluding carboxylic acids is 2. The van der Waals surface area contributed by atoms with E-state index in [0.717, 1.165) is 38.0 Å². The maximum absolute atomic E-state index is 12.7. The molecular formula is C19H24ClN5O2. The van der Waals surface area contributed by atoms with Crippen LogP contribution in [-0.2, 0) is 4.79 Å². The lowest BCUT2D eigenvalue weighted by atomic mass is 10.1. The minimum Gasteiger partial charge on any atom is -0.319 e. The van der Waals surface area contributed by atoms with Crippen molar-refractivity contribution in [1.29, 1.82) is 0 Å². The van der Waals surface area contributed by atoms with Gasteiger partial charge in [-0.15, -0.1) is 12.4 Å². The fourth-order valence-electron chi connectivity index (χ4n) is 3.63. The number of aromatic nitrogens is 2. The Morgan fingerprint density at radius 3 is 2.81 bits per heavy atom. The third-order valence-electron chi connectivity index (χ3n) is 5.00. The van der Waals surface area contributed by atoms with Crippen molar-refractivity contribution in [2.45, 2.75) is 31.7 Å². The summed E-state index contributed by atoms with van der Waals surface area (Å²) in [7, 11) is 0. The van der Waals surface area contributed by atoms with Crippen molar-refractivity contribution in [3.8, 4) is 0 Å². The Balaban J connectivity index is 0.00000210. The largest absolute Gasteiger partial charge is 0.319 e. The third kappa shape index (κ3) is 4.14. The Morgan fingerprint density at radius 2 is 2.07 bits per heavy atom. The van der Waals surface area contributed by atoms with Crippen LogP contribution in [0.5, 0.6) is 0 Å². The number of rotatable bonds is 4. The van der Waals surface area contributed by atoms with Crippen LogP contribution >= 0.6 is 12.4 Å². The molecule has 0 saturated carbocycles. The molecule has 2 N–H and O–H groups in total. The molecule has 1 atom stereocenters. The summed E-state index contributed by atoms with van der Waals surface area (Å²) in [6.07, 6.45) is 5.45. The molecule has 0 spiro atoms. The maximum Gasteiger partial charge on any atom is 0.276 e. The van der Waals surface area contributed by atoms with Crippen LogP contribution in [0.2, 0.25) is 0 Å². The van der Waals surface area contributed by atoms with Crippen molar-refractivity contribution < 1.29 is 9.59 Å². The molecule has 2 fully saturated rings. The Morgan fingerprint density at radius 1 is 1.22 bits per heavy atom. The molecule has 2 aliphatic rings. The first-order chi connectivity index (χ1) is 12.7. The number of hydrogen-bond donors (Lipinski definition) is 2. The van der Waals surface area contributed by atoms with Crippen molar-refractivity contribution in [3.05, 3.63) is 42.2 Å². The van der Waals surface area contributed by atoms with E-state index >= 15 is 0 Å². The zero-order valence-electron chi connectivity index (χ0n) is 15.1. The normalized spacial score (nSPS) is 19.6. The van der Waals surface area contributed by atoms with E-state index < -0.39 is 0 Å². The molecule has 1 aromatic heterocycles. The van der Waals surface area contributed by atoms with E-state index in [2.05, 4.69) is 15.7 Å². The first-order valence-electron chi connectivity index (χ1n) is 9.19. The molecular weight excluding hydrogens is 366 g/mol. The number of nitrogens with one attached hydrogen (secondary N) is 2. The maximum atomic E-state index is 12.7. The minimum absolute atomic E-state index is 0. The van der Waals surface area contributed by atoms with Gasteiger partial charge in [0.25, 0.3) is 5.91 Å². The fraction of sp³-hybridized carbons (Fsp3) is 0.421. The first-order valence-corrected chi connectivity index (χ1v) is 9.19. The van der Waals surface area contributed by atoms with E-state index in [1.54, 1.807) is 11.0 Å². The smallest absolute Gasteiger partial charge is 0.276 e. The average molecular weight is 390 g/mol. The van der Waals surface area contributed by atoms with Crippen LogP contribution < -0.4 is 15.5 Å². The lowest BCUT2D eigenvalue weighted by Crippen LogP contribution is -2.32. The third-order valence-corrected chi connectivity index (χ3v) is 5.00. The Labute approximate surface area is 164 Å². The summed E-state index contributed by atoms with van der Waals surface area (Å²) in [6, 6.07) is 9.45. The summed E-state index contributed by atoms with van der Waals surface area (Å²) < 4.78 is 1.87. The van der Waals surface area contributed by atoms with Gasteiger partial charge in [-0.2, -0.15) is 5.10 Å². The monoisotopic (exact) mass is 389 g/mol. The van der Waals surface area contributed by atoms with Crippen molar-refractivity contribution >= 4 is 35.6 Å². The predicted molar refractivity (Wildman–Crippen MR) is 107 cm³/mol. The quantitative estimate of drug-likeness (QED) is 0.842. The summed E-state index contributed by atoms with van der Waals surface area (Å²) >= 11 is 0. The standard InChI is InChI=1S/C19H23N5O2.ClH/c25-18-8-4-11-23(18)17-7-2-1-6-15(17)21-19(26)16-9-12-24(22-16)14-5-3-10-20-13-14;/h1-2,6-7,9,12,14,20H,3-5,8,10-11,13H2,(H,21,26);1H. The summed E-state index contributed by atoms with van der Waals surface area (Å²) in [5.74, 6) is -0.160. The number of nitrogens with zero attached hydrogens (tertiary/aromatic N) is 3. The zero-order valence-corrected chi connectivity index (χ0v) is 15.9. The zero-order chi connectivity index (χ0) is 17.9. The highest BCUT2D eigenvalue weighted by Crippen LogP contribution is 2.29. The number of benzene rings is 1. The number of carbonyl (C=O) groups is 2. The topological polar surface area (TPSA) is 79.3 Å². The number of para-hydroxylation sites is 2. The number of amides is 2. The molecule has 7 nitrogen and oxygen atoms in total. The molecule has 144 valence electrons. The summed E-state index contributed by atoms with van der Waals surface area (Å²) in [5.41, 5.74) is 1.78. The second kappa shape index (κ2) is 8.54. The highest BCUT2D eigenvalue weighted by atomic mass is 35.5. The molecule has 2 aliphatic heterocycles. The van der Waals surface area contributed by atoms with Gasteiger partial charge in [-0.1, -0.05) is 12.1 Å². The summed E-state index contributed by atoms with van der Waals surface area (Å²) in [6.45, 7) is 2.61. The molecule has 3 heterocycles. The Bertz CT molecular complexity index is 816. The van der Waals surface area contributed by atoms with Crippen molar-refractivity contribution in [2.24, 2.45) is 0 Å². The van der Waals surface area contributed by atoms with Crippen LogP contribution in [0.4, 0.5) is 11.4 Å². The minimum atomic E-state index is -0.258. The number of halogens is 1. The van der Waals surface area contributed by atoms with Crippen LogP contribution in [0.25, 0.3) is 0 Å². The molecule has 1 unspecified atom stereocenters. The van der Waals surface area contributed by atoms with Crippen LogP contribution in [0.1, 0.15) is 42.2 Å². The molecule has 0 bridgehead atoms. The van der Waals surface area contributed by atoms with E-state index in [9.17, 15) is 9.59 Å². The van der Waals surface area contributed by atoms with Crippen LogP contribution in [0.3, 0.4) is 0 Å². The van der Waals surface area contributed by atoms with E-state index in [-0.39, 0.29) is 24.2 Å². The van der Waals surface area contributed by atoms with Crippen molar-refractivity contribution in [3.63, 3.8) is 0 Å². The van der Waals surface area contributed by atoms with Crippen LogP contribution in [-0.4, -0.2) is 41.2 Å². The molecule has 1 aromatic carbocycles. The van der Waals surface area contributed by atoms with Crippen LogP contribution in [0, 0.1) is 0 Å². The Kier molecular flexibility index (Phi) is 6.13. The lowest BCUT2D eigenvalue weighted by molar-refractivity contribution is -0.117. The average Bonchev–Trinajstić information content (AvgIpc) is 3.32. The molecule has 4 rings (SSSR count). The van der Waals surface area contributed by atoms with Gasteiger partial charge >= 0.3 is 0 Å². The Hall–Kier alpha value is -2.38. The second-order valence-corrected chi connectivity index (χ2v) is 6.80. The highest BCUT2D eigenvalue weighted by molar-refractivity contribution is 6.07. The van der Waals surface area contributed by atoms with E-state index in [4.69, 9.17) is 0 Å². The van der Waals surface area contributed by atoms with Gasteiger partial charge in [0.05, 0.1) is 17.4 Å². The van der Waals surface area contributed by atoms with Gasteiger partial charge in [0, 0.05) is 25.7 Å². The lowest BCUT2D eigenvalue weighted by Gasteiger charge is -2.23. The molecule has 8 heteroatoms. The highest BCUT2D eigenvalue weighted by Gasteiger charge is 2.25. The molecule has 2 aromatic rings. The molecule has 0 aliphatic carbocycles. The van der Waals surface area contributed by atoms with Crippen molar-refractivity contribution in [2.75, 3.05) is 29.9 Å². The first kappa shape index (κ1) is 19.4. The summed E-state index contributed by atoms with van der Waals surface area (Å²) in [4.78, 5) is 26.4. The van der Waals surface area contributed by atoms with Gasteiger partial charge in [-0.05, 0) is 44.0 Å². The van der Waals surface area contributed by atoms with Gasteiger partial charge in [0.15, 0.2) is 5.69 Å². The van der Waals surface area contributed by atoms with Gasteiger partial charge < -0.3 is 15.5 Å². The van der Waals surface area contributed by atoms with Crippen molar-refractivity contribution in [1.82, 2.24) is 15.1 Å². The van der Waals surface area contributed by atoms with E-state index in [1.165, 1.54) is 0 Å². The number of piperidine rings is 1. The van der Waals surface area contributed by atoms with Gasteiger partial charge in [-0.25, -0.2) is 0 Å². The van der Waals surface area contributed by atoms with Gasteiger partial charge in [-0.3, -0.25) is 14.3 Å². The van der Waals surface area contributed by atoms with Gasteiger partial charge in [0.2, 0.25) is 5.91 Å². The van der Waals surface area contributed by atoms with Gasteiger partial charge in [0.1, 0.15) is 0 Å². The fourth-order valence-corrected chi connectivity index (χ4v) is 3.63. The van der Waals surface area contributed by atoms with E-state index in [0.29, 0.717) is 30.4 Å². The predicted octanol–water partition coefficient (Wildman–Crippen LogP) is 2.61. The van der Waals surface area contributed by atoms with E-state index in [1.807, 2.05) is 35.1 Å². The molecule has 2 amide bonds. The summed E-state index contributed by atoms with van der Waals surface area (Å²) in [5, 5.41) is 10.7. The second-order valence-electron chi connectivity index (χ2n) is 6.80. The number of anilines is 2. The SMILES string of the molecule is Cl.O=C(Nc1ccccc1N1CCCC1=O)c1ccn(C2CCCNC2)n1. The molecule has 27 heavy (non-hydrogen) atoms. The number of hydrogen-bond acceptors (Lipinski definition) is 4. The molecule has 0 radical (unpaired) electrons.